The summed E-state index contributed by atoms with van der Waals surface area (Å²) in [7, 11) is 12.1. The number of ether oxygens (including phenoxy) is 1. The summed E-state index contributed by atoms with van der Waals surface area (Å²) in [6, 6.07) is 47.8. The van der Waals surface area contributed by atoms with Crippen LogP contribution in [0.3, 0.4) is 0 Å². The zero-order chi connectivity index (χ0) is 49.6. The Hall–Kier alpha value is -5.15. The van der Waals surface area contributed by atoms with Crippen molar-refractivity contribution in [3.63, 3.8) is 0 Å². The van der Waals surface area contributed by atoms with Crippen LogP contribution >= 0.6 is 11.6 Å². The van der Waals surface area contributed by atoms with E-state index in [-0.39, 0.29) is 112 Å². The van der Waals surface area contributed by atoms with Gasteiger partial charge in [-0.1, -0.05) is 121 Å². The van der Waals surface area contributed by atoms with Gasteiger partial charge >= 0.3 is 51.4 Å². The number of nitrogens with zero attached hydrogens (tertiary/aromatic N) is 8. The Morgan fingerprint density at radius 1 is 0.452 bits per heavy atom. The molecule has 0 spiro atoms. The number of hydrogen-bond acceptors (Lipinski definition) is 13. The molecule has 0 bridgehead atoms. The Labute approximate surface area is 487 Å². The van der Waals surface area contributed by atoms with Crippen LogP contribution in [0.15, 0.2) is 158 Å². The fourth-order valence-electron chi connectivity index (χ4n) is 6.92. The first-order chi connectivity index (χ1) is 32.9. The van der Waals surface area contributed by atoms with Gasteiger partial charge in [-0.05, 0) is 24.3 Å². The van der Waals surface area contributed by atoms with Gasteiger partial charge in [-0.3, -0.25) is 0 Å². The maximum atomic E-state index is 10.8. The van der Waals surface area contributed by atoms with Crippen LogP contribution in [0.5, 0.6) is 23.0 Å². The second-order valence-corrected chi connectivity index (χ2v) is 18.5. The molecule has 2 atom stereocenters. The Bertz CT molecular complexity index is 2780. The SMILES string of the molecule is C[N+](C)(C)CC(O)CCl.C[N+](C)(C)CC(O)COc1ccc(-c2nc(-c3ccccc3)nc(-c3ccccc3)n2)c(O)c1.Oc1ccc(-c2nc(-c3ccccc3)nc(-c3ccccc3)n2)c(O)c1.[Cl-].[Cl-].[K+].[OH-]. The summed E-state index contributed by atoms with van der Waals surface area (Å²) in [4.78, 5) is 27.6. The molecule has 0 radical (unpaired) electrons. The van der Waals surface area contributed by atoms with Gasteiger partial charge in [-0.2, -0.15) is 0 Å². The van der Waals surface area contributed by atoms with Crippen LogP contribution in [0.1, 0.15) is 0 Å². The third-order valence-electron chi connectivity index (χ3n) is 9.97. The number of rotatable bonds is 14. The minimum Gasteiger partial charge on any atom is -1.00 e. The van der Waals surface area contributed by atoms with Crippen LogP contribution in [0, 0.1) is 0 Å². The second kappa shape index (κ2) is 30.3. The fourth-order valence-corrected chi connectivity index (χ4v) is 7.01. The number of phenolic OH excluding ortho intramolecular Hbond substituents is 3. The van der Waals surface area contributed by atoms with Gasteiger partial charge in [0.05, 0.1) is 59.3 Å². The summed E-state index contributed by atoms with van der Waals surface area (Å²) in [6.07, 6.45) is -0.987. The minimum absolute atomic E-state index is 0. The van der Waals surface area contributed by atoms with Crippen LogP contribution < -0.4 is 80.9 Å². The number of halogens is 3. The van der Waals surface area contributed by atoms with Gasteiger partial charge in [-0.25, -0.2) is 29.9 Å². The molecule has 0 saturated heterocycles. The van der Waals surface area contributed by atoms with E-state index in [2.05, 4.69) is 29.9 Å². The molecule has 15 nitrogen and oxygen atoms in total. The smallest absolute Gasteiger partial charge is 1.00 e. The fraction of sp³-hybridized carbons (Fsp3) is 0.222. The van der Waals surface area contributed by atoms with Gasteiger partial charge in [0.2, 0.25) is 0 Å². The van der Waals surface area contributed by atoms with Gasteiger partial charge in [0.15, 0.2) is 34.9 Å². The van der Waals surface area contributed by atoms with Crippen molar-refractivity contribution in [3.8, 4) is 91.3 Å². The van der Waals surface area contributed by atoms with Crippen molar-refractivity contribution in [1.29, 1.82) is 0 Å². The number of phenols is 3. The molecular formula is C54H60Cl3KN8O7. The number of aliphatic hydroxyl groups is 2. The van der Waals surface area contributed by atoms with E-state index >= 15 is 0 Å². The van der Waals surface area contributed by atoms with Crippen LogP contribution in [0.25, 0.3) is 68.3 Å². The molecule has 380 valence electrons. The molecule has 8 aromatic rings. The molecule has 0 saturated carbocycles. The van der Waals surface area contributed by atoms with Gasteiger partial charge in [0.1, 0.15) is 54.9 Å². The van der Waals surface area contributed by atoms with Gasteiger partial charge in [0.25, 0.3) is 0 Å². The van der Waals surface area contributed by atoms with Crippen molar-refractivity contribution in [3.05, 3.63) is 158 Å². The third kappa shape index (κ3) is 20.2. The summed E-state index contributed by atoms with van der Waals surface area (Å²) >= 11 is 5.40. The van der Waals surface area contributed by atoms with E-state index in [4.69, 9.17) is 21.4 Å². The van der Waals surface area contributed by atoms with E-state index in [1.54, 1.807) is 18.2 Å². The quantitative estimate of drug-likeness (QED) is 0.0525. The van der Waals surface area contributed by atoms with Crippen molar-refractivity contribution in [2.45, 2.75) is 12.2 Å². The van der Waals surface area contributed by atoms with Crippen molar-refractivity contribution < 1.29 is 121 Å². The maximum Gasteiger partial charge on any atom is 1.00 e. The normalized spacial score (nSPS) is 11.5. The molecule has 0 aliphatic carbocycles. The summed E-state index contributed by atoms with van der Waals surface area (Å²) in [5.74, 6) is 3.45. The first-order valence-electron chi connectivity index (χ1n) is 22.2. The predicted molar refractivity (Wildman–Crippen MR) is 273 cm³/mol. The molecule has 6 aromatic carbocycles. The monoisotopic (exact) mass is 1080 g/mol. The predicted octanol–water partition coefficient (Wildman–Crippen LogP) is -0.565. The van der Waals surface area contributed by atoms with E-state index in [1.165, 1.54) is 18.2 Å². The van der Waals surface area contributed by atoms with Gasteiger partial charge < -0.3 is 69.5 Å². The average molecular weight is 1080 g/mol. The van der Waals surface area contributed by atoms with Crippen molar-refractivity contribution in [2.24, 2.45) is 0 Å². The summed E-state index contributed by atoms with van der Waals surface area (Å²) < 4.78 is 7.08. The first kappa shape index (κ1) is 64.0. The maximum absolute atomic E-state index is 10.8. The molecular weight excluding hydrogens is 1020 g/mol. The van der Waals surface area contributed by atoms with E-state index in [9.17, 15) is 20.4 Å². The number of hydrogen-bond donors (Lipinski definition) is 5. The molecule has 0 aliphatic heterocycles. The zero-order valence-electron chi connectivity index (χ0n) is 41.8. The largest absolute Gasteiger partial charge is 1.00 e. The number of aromatic nitrogens is 6. The molecule has 6 N–H and O–H groups in total. The molecule has 2 aromatic heterocycles. The van der Waals surface area contributed by atoms with Gasteiger partial charge in [-0.15, -0.1) is 11.6 Å². The molecule has 8 rings (SSSR count). The molecule has 0 aliphatic rings. The summed E-state index contributed by atoms with van der Waals surface area (Å²) in [5.41, 5.74) is 4.32. The number of alkyl halides is 1. The number of quaternary nitrogens is 2. The van der Waals surface area contributed by atoms with Gasteiger partial charge in [0, 0.05) is 34.4 Å². The molecule has 2 unspecified atom stereocenters. The summed E-state index contributed by atoms with van der Waals surface area (Å²) in [6.45, 7) is 1.40. The molecule has 0 amide bonds. The Kier molecular flexibility index (Phi) is 26.5. The number of aromatic hydroxyl groups is 3. The Morgan fingerprint density at radius 2 is 0.767 bits per heavy atom. The first-order valence-corrected chi connectivity index (χ1v) is 22.7. The van der Waals surface area contributed by atoms with Crippen LogP contribution in [0.4, 0.5) is 0 Å². The van der Waals surface area contributed by atoms with Crippen LogP contribution in [-0.4, -0.2) is 150 Å². The zero-order valence-corrected chi connectivity index (χ0v) is 47.2. The number of benzene rings is 6. The topological polar surface area (TPSA) is 218 Å². The minimum atomic E-state index is -0.618. The Balaban J connectivity index is 0.000000417. The molecule has 2 heterocycles. The van der Waals surface area contributed by atoms with Crippen LogP contribution in [-0.2, 0) is 0 Å². The third-order valence-corrected chi connectivity index (χ3v) is 10.3. The average Bonchev–Trinajstić information content (AvgIpc) is 3.33. The van der Waals surface area contributed by atoms with E-state index < -0.39 is 6.10 Å². The number of aliphatic hydroxyl groups excluding tert-OH is 2. The summed E-state index contributed by atoms with van der Waals surface area (Å²) in [5, 5.41) is 49.8. The standard InChI is InChI=1S/C27H28N4O3.C21H15N3O2.C6H15ClNO.2ClH.K.H2O/c1-31(2,3)17-21(32)18-34-22-14-15-23(24(33)16-22)27-29-25(19-10-6-4-7-11-19)28-26(30-27)20-12-8-5-9-13-20;25-16-11-12-17(18(26)13-16)21-23-19(14-7-3-1-4-8-14)22-20(24-21)15-9-5-2-6-10-15;1-8(2,3)5-6(9)4-7;;;;/h4-16,21,32H,17-18H2,1-3H3;1-13,25-26H;6,9H,4-5H2,1-3H3;2*1H;;1H2/q;;+1;;;+1;/p-2. The molecule has 0 fully saturated rings. The Morgan fingerprint density at radius 3 is 1.07 bits per heavy atom. The van der Waals surface area contributed by atoms with Crippen molar-refractivity contribution in [1.82, 2.24) is 29.9 Å². The van der Waals surface area contributed by atoms with Crippen molar-refractivity contribution in [2.75, 3.05) is 67.9 Å². The van der Waals surface area contributed by atoms with E-state index in [0.29, 0.717) is 75.3 Å². The number of likely N-dealkylation sites (N-methyl/N-ethyl adjacent to an activating group) is 2. The van der Waals surface area contributed by atoms with E-state index in [0.717, 1.165) is 26.7 Å². The van der Waals surface area contributed by atoms with Crippen LogP contribution in [0.2, 0.25) is 0 Å². The molecule has 19 heteroatoms. The van der Waals surface area contributed by atoms with E-state index in [1.807, 2.05) is 164 Å². The van der Waals surface area contributed by atoms with Crippen molar-refractivity contribution >= 4 is 11.6 Å². The second-order valence-electron chi connectivity index (χ2n) is 18.2. The molecule has 73 heavy (non-hydrogen) atoms.